The average Bonchev–Trinajstić information content (AvgIpc) is 2.85. The summed E-state index contributed by atoms with van der Waals surface area (Å²) < 4.78 is 8.07. The van der Waals surface area contributed by atoms with E-state index >= 15 is 0 Å². The molecule has 2 aromatic rings. The lowest BCUT2D eigenvalue weighted by Gasteiger charge is -2.14. The first kappa shape index (κ1) is 13.6. The molecule has 2 N–H and O–H groups in total. The zero-order chi connectivity index (χ0) is 13.7. The molecular weight excluding hydrogens is 238 g/mol. The SMILES string of the molecule is CCCn1cncc1COc1c(C)cccc1CN. The van der Waals surface area contributed by atoms with Crippen LogP contribution in [0.2, 0.25) is 0 Å². The predicted molar refractivity (Wildman–Crippen MR) is 75.9 cm³/mol. The van der Waals surface area contributed by atoms with Crippen LogP contribution in [-0.4, -0.2) is 9.55 Å². The number of hydrogen-bond donors (Lipinski definition) is 1. The van der Waals surface area contributed by atoms with Gasteiger partial charge in [0.25, 0.3) is 0 Å². The first-order chi connectivity index (χ1) is 9.26. The molecule has 0 aliphatic rings. The number of imidazole rings is 1. The molecule has 0 aliphatic heterocycles. The molecule has 0 unspecified atom stereocenters. The van der Waals surface area contributed by atoms with E-state index in [2.05, 4.69) is 16.5 Å². The normalized spacial score (nSPS) is 10.7. The fourth-order valence-electron chi connectivity index (χ4n) is 2.14. The van der Waals surface area contributed by atoms with Crippen molar-refractivity contribution < 1.29 is 4.74 Å². The maximum atomic E-state index is 5.95. The minimum atomic E-state index is 0.491. The Balaban J connectivity index is 2.12. The largest absolute Gasteiger partial charge is 0.487 e. The number of nitrogens with two attached hydrogens (primary N) is 1. The molecule has 0 radical (unpaired) electrons. The Labute approximate surface area is 114 Å². The summed E-state index contributed by atoms with van der Waals surface area (Å²) in [6.07, 6.45) is 4.79. The lowest BCUT2D eigenvalue weighted by atomic mass is 10.1. The van der Waals surface area contributed by atoms with E-state index in [1.165, 1.54) is 0 Å². The monoisotopic (exact) mass is 259 g/mol. The molecule has 0 fully saturated rings. The van der Waals surface area contributed by atoms with Gasteiger partial charge in [0.05, 0.1) is 18.2 Å². The molecule has 0 saturated carbocycles. The summed E-state index contributed by atoms with van der Waals surface area (Å²) in [5, 5.41) is 0. The van der Waals surface area contributed by atoms with E-state index in [0.29, 0.717) is 13.2 Å². The molecule has 0 saturated heterocycles. The van der Waals surface area contributed by atoms with Crippen molar-refractivity contribution in [2.75, 3.05) is 0 Å². The van der Waals surface area contributed by atoms with Gasteiger partial charge in [-0.05, 0) is 18.9 Å². The van der Waals surface area contributed by atoms with Crippen LogP contribution in [0, 0.1) is 6.92 Å². The second-order valence-electron chi connectivity index (χ2n) is 4.63. The Morgan fingerprint density at radius 2 is 2.21 bits per heavy atom. The molecular formula is C15H21N3O. The highest BCUT2D eigenvalue weighted by molar-refractivity contribution is 5.40. The summed E-state index contributed by atoms with van der Waals surface area (Å²) >= 11 is 0. The van der Waals surface area contributed by atoms with Gasteiger partial charge in [-0.15, -0.1) is 0 Å². The van der Waals surface area contributed by atoms with Crippen molar-refractivity contribution in [2.45, 2.75) is 40.0 Å². The molecule has 0 atom stereocenters. The average molecular weight is 259 g/mol. The number of rotatable bonds is 6. The van der Waals surface area contributed by atoms with E-state index in [1.54, 1.807) is 0 Å². The summed E-state index contributed by atoms with van der Waals surface area (Å²) in [6.45, 7) is 6.18. The van der Waals surface area contributed by atoms with E-state index in [0.717, 1.165) is 35.5 Å². The van der Waals surface area contributed by atoms with Gasteiger partial charge in [-0.1, -0.05) is 25.1 Å². The Morgan fingerprint density at radius 3 is 2.95 bits per heavy atom. The molecule has 0 bridgehead atoms. The third kappa shape index (κ3) is 3.15. The van der Waals surface area contributed by atoms with Crippen molar-refractivity contribution in [1.82, 2.24) is 9.55 Å². The minimum Gasteiger partial charge on any atom is -0.487 e. The van der Waals surface area contributed by atoms with Crippen molar-refractivity contribution >= 4 is 0 Å². The number of aryl methyl sites for hydroxylation is 2. The number of nitrogens with zero attached hydrogens (tertiary/aromatic N) is 2. The van der Waals surface area contributed by atoms with Gasteiger partial charge >= 0.3 is 0 Å². The maximum Gasteiger partial charge on any atom is 0.130 e. The van der Waals surface area contributed by atoms with Gasteiger partial charge in [0.15, 0.2) is 0 Å². The molecule has 2 rings (SSSR count). The highest BCUT2D eigenvalue weighted by Crippen LogP contribution is 2.24. The molecule has 102 valence electrons. The van der Waals surface area contributed by atoms with Crippen LogP contribution in [0.5, 0.6) is 5.75 Å². The zero-order valence-electron chi connectivity index (χ0n) is 11.6. The van der Waals surface area contributed by atoms with E-state index in [4.69, 9.17) is 10.5 Å². The van der Waals surface area contributed by atoms with E-state index in [-0.39, 0.29) is 0 Å². The molecule has 4 heteroatoms. The molecule has 0 amide bonds. The zero-order valence-corrected chi connectivity index (χ0v) is 11.6. The van der Waals surface area contributed by atoms with Gasteiger partial charge in [-0.25, -0.2) is 4.98 Å². The van der Waals surface area contributed by atoms with Gasteiger partial charge in [-0.3, -0.25) is 0 Å². The minimum absolute atomic E-state index is 0.491. The summed E-state index contributed by atoms with van der Waals surface area (Å²) in [6, 6.07) is 6.05. The van der Waals surface area contributed by atoms with Gasteiger partial charge < -0.3 is 15.0 Å². The van der Waals surface area contributed by atoms with Crippen LogP contribution in [0.1, 0.15) is 30.2 Å². The van der Waals surface area contributed by atoms with Crippen molar-refractivity contribution in [3.8, 4) is 5.75 Å². The molecule has 0 spiro atoms. The van der Waals surface area contributed by atoms with Gasteiger partial charge in [0.1, 0.15) is 12.4 Å². The van der Waals surface area contributed by atoms with Crippen LogP contribution in [0.4, 0.5) is 0 Å². The summed E-state index contributed by atoms with van der Waals surface area (Å²) in [5.74, 6) is 0.897. The van der Waals surface area contributed by atoms with Crippen LogP contribution in [0.15, 0.2) is 30.7 Å². The number of benzene rings is 1. The van der Waals surface area contributed by atoms with Crippen LogP contribution in [0.25, 0.3) is 0 Å². The summed E-state index contributed by atoms with van der Waals surface area (Å²) in [7, 11) is 0. The van der Waals surface area contributed by atoms with Crippen molar-refractivity contribution in [2.24, 2.45) is 5.73 Å². The van der Waals surface area contributed by atoms with E-state index in [9.17, 15) is 0 Å². The van der Waals surface area contributed by atoms with Crippen LogP contribution in [-0.2, 0) is 19.7 Å². The smallest absolute Gasteiger partial charge is 0.130 e. The molecule has 0 aliphatic carbocycles. The number of ether oxygens (including phenoxy) is 1. The second kappa shape index (κ2) is 6.38. The van der Waals surface area contributed by atoms with Crippen LogP contribution < -0.4 is 10.5 Å². The fraction of sp³-hybridized carbons (Fsp3) is 0.400. The Bertz CT molecular complexity index is 534. The highest BCUT2D eigenvalue weighted by atomic mass is 16.5. The summed E-state index contributed by atoms with van der Waals surface area (Å²) in [5.41, 5.74) is 9.00. The molecule has 4 nitrogen and oxygen atoms in total. The first-order valence-electron chi connectivity index (χ1n) is 6.66. The third-order valence-electron chi connectivity index (χ3n) is 3.14. The van der Waals surface area contributed by atoms with Gasteiger partial charge in [0, 0.05) is 18.7 Å². The molecule has 19 heavy (non-hydrogen) atoms. The first-order valence-corrected chi connectivity index (χ1v) is 6.66. The number of hydrogen-bond acceptors (Lipinski definition) is 3. The molecule has 1 aromatic carbocycles. The maximum absolute atomic E-state index is 5.95. The van der Waals surface area contributed by atoms with Crippen LogP contribution in [0.3, 0.4) is 0 Å². The predicted octanol–water partition coefficient (Wildman–Crippen LogP) is 2.64. The van der Waals surface area contributed by atoms with E-state index < -0.39 is 0 Å². The lowest BCUT2D eigenvalue weighted by molar-refractivity contribution is 0.289. The topological polar surface area (TPSA) is 53.1 Å². The Hall–Kier alpha value is -1.81. The van der Waals surface area contributed by atoms with Gasteiger partial charge in [0.2, 0.25) is 0 Å². The Kier molecular flexibility index (Phi) is 4.58. The number of para-hydroxylation sites is 1. The highest BCUT2D eigenvalue weighted by Gasteiger charge is 2.08. The second-order valence-corrected chi connectivity index (χ2v) is 4.63. The third-order valence-corrected chi connectivity index (χ3v) is 3.14. The molecule has 1 aromatic heterocycles. The van der Waals surface area contributed by atoms with Gasteiger partial charge in [-0.2, -0.15) is 0 Å². The van der Waals surface area contributed by atoms with Crippen molar-refractivity contribution in [1.29, 1.82) is 0 Å². The standard InChI is InChI=1S/C15H21N3O/c1-3-7-18-11-17-9-14(18)10-19-15-12(2)5-4-6-13(15)8-16/h4-6,9,11H,3,7-8,10,16H2,1-2H3. The fourth-order valence-corrected chi connectivity index (χ4v) is 2.14. The van der Waals surface area contributed by atoms with E-state index in [1.807, 2.05) is 37.6 Å². The molecule has 1 heterocycles. The Morgan fingerprint density at radius 1 is 1.37 bits per heavy atom. The quantitative estimate of drug-likeness (QED) is 0.867. The number of aromatic nitrogens is 2. The summed E-state index contributed by atoms with van der Waals surface area (Å²) in [4.78, 5) is 4.18. The van der Waals surface area contributed by atoms with Crippen molar-refractivity contribution in [3.63, 3.8) is 0 Å². The van der Waals surface area contributed by atoms with Crippen LogP contribution >= 0.6 is 0 Å². The van der Waals surface area contributed by atoms with Crippen molar-refractivity contribution in [3.05, 3.63) is 47.5 Å². The lowest BCUT2D eigenvalue weighted by Crippen LogP contribution is -2.08.